The van der Waals surface area contributed by atoms with Crippen molar-refractivity contribution in [3.63, 3.8) is 0 Å². The molecule has 0 radical (unpaired) electrons. The number of fused-ring (bicyclic) bond motifs is 1. The Hall–Kier alpha value is -2.22. The molecule has 0 spiro atoms. The number of nitrogens with zero attached hydrogens (tertiary/aromatic N) is 5. The molecule has 0 unspecified atom stereocenters. The average Bonchev–Trinajstić information content (AvgIpc) is 3.27. The van der Waals surface area contributed by atoms with E-state index in [4.69, 9.17) is 0 Å². The van der Waals surface area contributed by atoms with Crippen molar-refractivity contribution in [2.45, 2.75) is 13.0 Å². The van der Waals surface area contributed by atoms with Gasteiger partial charge in [0.25, 0.3) is 0 Å². The van der Waals surface area contributed by atoms with Crippen molar-refractivity contribution < 1.29 is 9.18 Å². The van der Waals surface area contributed by atoms with Crippen LogP contribution < -0.4 is 9.80 Å². The first-order chi connectivity index (χ1) is 12.4. The minimum Gasteiger partial charge on any atom is -0.346 e. The van der Waals surface area contributed by atoms with Crippen LogP contribution in [0.4, 0.5) is 15.5 Å². The smallest absolute Gasteiger partial charge is 0.238 e. The first kappa shape index (κ1) is 17.2. The van der Waals surface area contributed by atoms with Crippen molar-refractivity contribution >= 4 is 28.5 Å². The SMILES string of the molecule is CC(=O)N1C[C@H]2CN(c3nc(N(C)C)ns3)C[C@H]2[C@H]1c1cccc(F)c1. The summed E-state index contributed by atoms with van der Waals surface area (Å²) in [5, 5.41) is 0.912. The number of amides is 1. The molecule has 26 heavy (non-hydrogen) atoms. The molecule has 6 nitrogen and oxygen atoms in total. The summed E-state index contributed by atoms with van der Waals surface area (Å²) in [6.45, 7) is 3.95. The van der Waals surface area contributed by atoms with E-state index in [1.807, 2.05) is 30.0 Å². The van der Waals surface area contributed by atoms with Crippen molar-refractivity contribution in [2.75, 3.05) is 43.5 Å². The molecule has 3 heterocycles. The molecule has 0 saturated carbocycles. The van der Waals surface area contributed by atoms with Crippen molar-refractivity contribution in [3.05, 3.63) is 35.6 Å². The summed E-state index contributed by atoms with van der Waals surface area (Å²) in [6, 6.07) is 6.56. The van der Waals surface area contributed by atoms with Gasteiger partial charge in [0.2, 0.25) is 17.0 Å². The molecule has 2 saturated heterocycles. The normalized spacial score (nSPS) is 24.8. The van der Waals surface area contributed by atoms with E-state index >= 15 is 0 Å². The third-order valence-electron chi connectivity index (χ3n) is 5.33. The molecule has 3 atom stereocenters. The molecule has 2 fully saturated rings. The van der Waals surface area contributed by atoms with Crippen LogP contribution >= 0.6 is 11.5 Å². The van der Waals surface area contributed by atoms with Gasteiger partial charge in [0.1, 0.15) is 5.82 Å². The van der Waals surface area contributed by atoms with Crippen molar-refractivity contribution in [3.8, 4) is 0 Å². The van der Waals surface area contributed by atoms with E-state index in [-0.39, 0.29) is 23.7 Å². The van der Waals surface area contributed by atoms with Gasteiger partial charge in [0, 0.05) is 64.0 Å². The fourth-order valence-corrected chi connectivity index (χ4v) is 4.92. The van der Waals surface area contributed by atoms with Gasteiger partial charge in [-0.05, 0) is 17.7 Å². The number of carbonyl (C=O) groups is 1. The lowest BCUT2D eigenvalue weighted by Crippen LogP contribution is -2.34. The minimum absolute atomic E-state index is 0.0472. The van der Waals surface area contributed by atoms with Gasteiger partial charge in [-0.15, -0.1) is 0 Å². The van der Waals surface area contributed by atoms with Crippen LogP contribution in [0.1, 0.15) is 18.5 Å². The zero-order chi connectivity index (χ0) is 18.4. The zero-order valence-corrected chi connectivity index (χ0v) is 15.9. The Morgan fingerprint density at radius 1 is 1.31 bits per heavy atom. The second-order valence-electron chi connectivity index (χ2n) is 7.27. The molecule has 1 aromatic carbocycles. The van der Waals surface area contributed by atoms with Crippen LogP contribution in [0.2, 0.25) is 0 Å². The van der Waals surface area contributed by atoms with Gasteiger partial charge < -0.3 is 14.7 Å². The maximum atomic E-state index is 13.8. The fourth-order valence-electron chi connectivity index (χ4n) is 4.16. The van der Waals surface area contributed by atoms with Crippen LogP contribution in [0.3, 0.4) is 0 Å². The molecule has 138 valence electrons. The summed E-state index contributed by atoms with van der Waals surface area (Å²) in [4.78, 5) is 22.8. The van der Waals surface area contributed by atoms with Gasteiger partial charge in [0.05, 0.1) is 6.04 Å². The highest BCUT2D eigenvalue weighted by atomic mass is 32.1. The first-order valence-electron chi connectivity index (χ1n) is 8.72. The fraction of sp³-hybridized carbons (Fsp3) is 0.500. The molecular formula is C18H22FN5OS. The summed E-state index contributed by atoms with van der Waals surface area (Å²) in [6.07, 6.45) is 0. The Morgan fingerprint density at radius 3 is 2.77 bits per heavy atom. The Kier molecular flexibility index (Phi) is 4.30. The molecule has 0 bridgehead atoms. The van der Waals surface area contributed by atoms with Crippen LogP contribution in [-0.2, 0) is 4.79 Å². The molecular weight excluding hydrogens is 353 g/mol. The van der Waals surface area contributed by atoms with Gasteiger partial charge in [-0.25, -0.2) is 4.39 Å². The third kappa shape index (κ3) is 2.92. The highest BCUT2D eigenvalue weighted by Gasteiger charge is 2.49. The van der Waals surface area contributed by atoms with E-state index in [1.54, 1.807) is 19.1 Å². The number of hydrogen-bond acceptors (Lipinski definition) is 6. The summed E-state index contributed by atoms with van der Waals surface area (Å²) in [7, 11) is 3.85. The molecule has 1 aromatic heterocycles. The predicted molar refractivity (Wildman–Crippen MR) is 100.0 cm³/mol. The second-order valence-corrected chi connectivity index (χ2v) is 8.00. The Bertz CT molecular complexity index is 825. The number of benzene rings is 1. The summed E-state index contributed by atoms with van der Waals surface area (Å²) in [5.41, 5.74) is 0.876. The highest BCUT2D eigenvalue weighted by molar-refractivity contribution is 7.09. The largest absolute Gasteiger partial charge is 0.346 e. The van der Waals surface area contributed by atoms with Crippen molar-refractivity contribution in [1.82, 2.24) is 14.3 Å². The topological polar surface area (TPSA) is 52.6 Å². The lowest BCUT2D eigenvalue weighted by Gasteiger charge is -2.29. The van der Waals surface area contributed by atoms with Gasteiger partial charge >= 0.3 is 0 Å². The lowest BCUT2D eigenvalue weighted by molar-refractivity contribution is -0.130. The Labute approximate surface area is 156 Å². The first-order valence-corrected chi connectivity index (χ1v) is 9.50. The quantitative estimate of drug-likeness (QED) is 0.825. The number of rotatable bonds is 3. The second kappa shape index (κ2) is 6.50. The predicted octanol–water partition coefficient (Wildman–Crippen LogP) is 2.40. The standard InChI is InChI=1S/C18H22FN5OS/c1-11(25)24-9-13-8-23(18-20-17(21-26-18)22(2)3)10-15(13)16(24)12-5-4-6-14(19)7-12/h4-7,13,15-16H,8-10H2,1-3H3/t13-,15-,16-/m1/s1. The van der Waals surface area contributed by atoms with Gasteiger partial charge in [-0.1, -0.05) is 12.1 Å². The maximum absolute atomic E-state index is 13.8. The zero-order valence-electron chi connectivity index (χ0n) is 15.1. The summed E-state index contributed by atoms with van der Waals surface area (Å²) < 4.78 is 18.2. The van der Waals surface area contributed by atoms with Gasteiger partial charge in [-0.3, -0.25) is 4.79 Å². The number of anilines is 2. The van der Waals surface area contributed by atoms with E-state index in [0.717, 1.165) is 23.8 Å². The number of likely N-dealkylation sites (tertiary alicyclic amines) is 1. The Morgan fingerprint density at radius 2 is 2.12 bits per heavy atom. The van der Waals surface area contributed by atoms with Crippen molar-refractivity contribution in [2.24, 2.45) is 11.8 Å². The Balaban J connectivity index is 1.61. The van der Waals surface area contributed by atoms with E-state index in [1.165, 1.54) is 17.6 Å². The molecule has 1 amide bonds. The summed E-state index contributed by atoms with van der Waals surface area (Å²) in [5.74, 6) is 1.13. The highest BCUT2D eigenvalue weighted by Crippen LogP contribution is 2.46. The van der Waals surface area contributed by atoms with Gasteiger partial charge in [-0.2, -0.15) is 9.36 Å². The number of aromatic nitrogens is 2. The van der Waals surface area contributed by atoms with E-state index in [9.17, 15) is 9.18 Å². The summed E-state index contributed by atoms with van der Waals surface area (Å²) >= 11 is 1.40. The van der Waals surface area contributed by atoms with E-state index in [0.29, 0.717) is 18.4 Å². The maximum Gasteiger partial charge on any atom is 0.238 e. The van der Waals surface area contributed by atoms with Crippen LogP contribution in [0.25, 0.3) is 0 Å². The van der Waals surface area contributed by atoms with Crippen LogP contribution in [-0.4, -0.2) is 53.9 Å². The minimum atomic E-state index is -0.260. The molecule has 4 rings (SSSR count). The number of hydrogen-bond donors (Lipinski definition) is 0. The number of halogens is 1. The van der Waals surface area contributed by atoms with E-state index < -0.39 is 0 Å². The van der Waals surface area contributed by atoms with Gasteiger partial charge in [0.15, 0.2) is 0 Å². The van der Waals surface area contributed by atoms with Crippen LogP contribution in [0, 0.1) is 17.7 Å². The molecule has 0 aliphatic carbocycles. The molecule has 0 N–H and O–H groups in total. The average molecular weight is 375 g/mol. The molecule has 2 aromatic rings. The monoisotopic (exact) mass is 375 g/mol. The number of carbonyl (C=O) groups excluding carboxylic acids is 1. The lowest BCUT2D eigenvalue weighted by atomic mass is 9.89. The third-order valence-corrected chi connectivity index (χ3v) is 6.10. The van der Waals surface area contributed by atoms with Crippen LogP contribution in [0.5, 0.6) is 0 Å². The molecule has 8 heteroatoms. The molecule has 2 aliphatic heterocycles. The molecule has 2 aliphatic rings. The van der Waals surface area contributed by atoms with Crippen LogP contribution in [0.15, 0.2) is 24.3 Å². The van der Waals surface area contributed by atoms with E-state index in [2.05, 4.69) is 14.3 Å². The van der Waals surface area contributed by atoms with Crippen molar-refractivity contribution in [1.29, 1.82) is 0 Å².